The highest BCUT2D eigenvalue weighted by Gasteiger charge is 2.28. The Kier molecular flexibility index (Phi) is 8.53. The summed E-state index contributed by atoms with van der Waals surface area (Å²) in [5.41, 5.74) is 5.06. The van der Waals surface area contributed by atoms with Crippen molar-refractivity contribution in [3.05, 3.63) is 88.4 Å². The number of nitrogens with zero attached hydrogens (tertiary/aromatic N) is 2. The van der Waals surface area contributed by atoms with Gasteiger partial charge in [-0.1, -0.05) is 29.3 Å². The van der Waals surface area contributed by atoms with E-state index in [2.05, 4.69) is 10.5 Å². The molecule has 7 nitrogen and oxygen atoms in total. The number of halogens is 1. The largest absolute Gasteiger partial charge is 0.491 e. The average molecular weight is 514 g/mol. The van der Waals surface area contributed by atoms with Gasteiger partial charge in [0, 0.05) is 5.02 Å². The summed E-state index contributed by atoms with van der Waals surface area (Å²) in [5, 5.41) is 4.44. The molecule has 0 fully saturated rings. The number of ether oxygens (including phenoxy) is 1. The highest BCUT2D eigenvalue weighted by molar-refractivity contribution is 7.92. The smallest absolute Gasteiger partial charge is 0.264 e. The van der Waals surface area contributed by atoms with Crippen LogP contribution in [0.2, 0.25) is 5.02 Å². The Bertz CT molecular complexity index is 1310. The first-order valence-corrected chi connectivity index (χ1v) is 12.8. The van der Waals surface area contributed by atoms with Crippen molar-refractivity contribution < 1.29 is 17.9 Å². The summed E-state index contributed by atoms with van der Waals surface area (Å²) >= 11 is 6.06. The summed E-state index contributed by atoms with van der Waals surface area (Å²) in [4.78, 5) is 12.8. The van der Waals surface area contributed by atoms with Crippen molar-refractivity contribution in [1.82, 2.24) is 5.43 Å². The fraction of sp³-hybridized carbons (Fsp3) is 0.231. The molecule has 0 saturated heterocycles. The van der Waals surface area contributed by atoms with E-state index in [9.17, 15) is 13.2 Å². The molecule has 0 aliphatic carbocycles. The Morgan fingerprint density at radius 1 is 1.06 bits per heavy atom. The molecule has 9 heteroatoms. The zero-order chi connectivity index (χ0) is 25.6. The van der Waals surface area contributed by atoms with Crippen molar-refractivity contribution in [1.29, 1.82) is 0 Å². The minimum Gasteiger partial charge on any atom is -0.491 e. The lowest BCUT2D eigenvalue weighted by Crippen LogP contribution is -2.40. The maximum Gasteiger partial charge on any atom is 0.264 e. The van der Waals surface area contributed by atoms with Gasteiger partial charge in [-0.25, -0.2) is 13.8 Å². The maximum absolute atomic E-state index is 13.5. The monoisotopic (exact) mass is 513 g/mol. The van der Waals surface area contributed by atoms with Gasteiger partial charge in [-0.05, 0) is 93.4 Å². The van der Waals surface area contributed by atoms with Crippen molar-refractivity contribution >= 4 is 39.4 Å². The van der Waals surface area contributed by atoms with Crippen LogP contribution >= 0.6 is 11.6 Å². The standard InChI is InChI=1S/C26H28ClN3O4S/c1-18(2)34-23-10-7-21(8-11-23)16-28-29-26(31)17-30(25-14-9-22(27)15-20(25)4)35(32,33)24-12-5-19(3)6-13-24/h5-16,18H,17H2,1-4H3,(H,29,31)/b28-16-. The second-order valence-electron chi connectivity index (χ2n) is 8.28. The molecule has 1 N–H and O–H groups in total. The summed E-state index contributed by atoms with van der Waals surface area (Å²) in [6.07, 6.45) is 1.54. The van der Waals surface area contributed by atoms with Gasteiger partial charge in [0.25, 0.3) is 15.9 Å². The molecule has 0 aliphatic heterocycles. The first kappa shape index (κ1) is 26.2. The summed E-state index contributed by atoms with van der Waals surface area (Å²) in [6.45, 7) is 7.03. The van der Waals surface area contributed by atoms with Crippen molar-refractivity contribution in [2.45, 2.75) is 38.7 Å². The van der Waals surface area contributed by atoms with E-state index in [1.807, 2.05) is 32.9 Å². The Balaban J connectivity index is 1.80. The molecule has 0 radical (unpaired) electrons. The van der Waals surface area contributed by atoms with Gasteiger partial charge >= 0.3 is 0 Å². The van der Waals surface area contributed by atoms with Crippen molar-refractivity contribution in [3.63, 3.8) is 0 Å². The first-order valence-electron chi connectivity index (χ1n) is 11.0. The van der Waals surface area contributed by atoms with E-state index in [1.165, 1.54) is 18.3 Å². The predicted molar refractivity (Wildman–Crippen MR) is 140 cm³/mol. The number of amides is 1. The number of hydrogen-bond donors (Lipinski definition) is 1. The van der Waals surface area contributed by atoms with Gasteiger partial charge in [-0.15, -0.1) is 0 Å². The Labute approximate surface area is 211 Å². The summed E-state index contributed by atoms with van der Waals surface area (Å²) in [6, 6.07) is 18.5. The average Bonchev–Trinajstić information content (AvgIpc) is 2.79. The van der Waals surface area contributed by atoms with E-state index in [0.29, 0.717) is 16.3 Å². The van der Waals surface area contributed by atoms with E-state index in [4.69, 9.17) is 16.3 Å². The van der Waals surface area contributed by atoms with Gasteiger partial charge in [-0.2, -0.15) is 5.10 Å². The molecule has 0 saturated carbocycles. The van der Waals surface area contributed by atoms with Gasteiger partial charge in [0.15, 0.2) is 0 Å². The highest BCUT2D eigenvalue weighted by atomic mass is 35.5. The van der Waals surface area contributed by atoms with Crippen LogP contribution in [0.15, 0.2) is 76.7 Å². The third-order valence-corrected chi connectivity index (χ3v) is 6.99. The molecule has 0 bridgehead atoms. The normalized spacial score (nSPS) is 11.6. The SMILES string of the molecule is Cc1ccc(S(=O)(=O)N(CC(=O)N/N=C\c2ccc(OC(C)C)cc2)c2ccc(Cl)cc2C)cc1. The van der Waals surface area contributed by atoms with Crippen LogP contribution in [0.5, 0.6) is 5.75 Å². The number of hydrazone groups is 1. The molecule has 3 aromatic rings. The number of hydrogen-bond acceptors (Lipinski definition) is 5. The topological polar surface area (TPSA) is 88.1 Å². The highest BCUT2D eigenvalue weighted by Crippen LogP contribution is 2.29. The predicted octanol–water partition coefficient (Wildman–Crippen LogP) is 5.09. The van der Waals surface area contributed by atoms with Crippen LogP contribution in [0, 0.1) is 13.8 Å². The number of carbonyl (C=O) groups is 1. The lowest BCUT2D eigenvalue weighted by atomic mass is 10.2. The number of aryl methyl sites for hydroxylation is 2. The van der Waals surface area contributed by atoms with Gasteiger partial charge < -0.3 is 4.74 Å². The molecule has 3 aromatic carbocycles. The molecule has 0 aromatic heterocycles. The molecule has 0 spiro atoms. The van der Waals surface area contributed by atoms with Crippen LogP contribution in [0.25, 0.3) is 0 Å². The maximum atomic E-state index is 13.5. The molecular formula is C26H28ClN3O4S. The van der Waals surface area contributed by atoms with E-state index < -0.39 is 22.5 Å². The number of nitrogens with one attached hydrogen (secondary N) is 1. The molecule has 0 atom stereocenters. The fourth-order valence-electron chi connectivity index (χ4n) is 3.29. The number of carbonyl (C=O) groups excluding carboxylic acids is 1. The quantitative estimate of drug-likeness (QED) is 0.319. The molecule has 3 rings (SSSR count). The van der Waals surface area contributed by atoms with Crippen LogP contribution in [0.4, 0.5) is 5.69 Å². The van der Waals surface area contributed by atoms with Gasteiger partial charge in [0.1, 0.15) is 12.3 Å². The van der Waals surface area contributed by atoms with Gasteiger partial charge in [0.05, 0.1) is 22.9 Å². The van der Waals surface area contributed by atoms with Gasteiger partial charge in [0.2, 0.25) is 0 Å². The van der Waals surface area contributed by atoms with E-state index in [1.54, 1.807) is 49.4 Å². The van der Waals surface area contributed by atoms with Crippen LogP contribution in [-0.4, -0.2) is 33.2 Å². The van der Waals surface area contributed by atoms with Crippen molar-refractivity contribution in [3.8, 4) is 5.75 Å². The van der Waals surface area contributed by atoms with E-state index in [-0.39, 0.29) is 11.0 Å². The number of anilines is 1. The molecule has 1 amide bonds. The summed E-state index contributed by atoms with van der Waals surface area (Å²) in [5.74, 6) is 0.141. The molecule has 35 heavy (non-hydrogen) atoms. The Morgan fingerprint density at radius 3 is 2.31 bits per heavy atom. The molecular weight excluding hydrogens is 486 g/mol. The Morgan fingerprint density at radius 2 is 1.71 bits per heavy atom. The van der Waals surface area contributed by atoms with Crippen LogP contribution in [0.1, 0.15) is 30.5 Å². The molecule has 0 heterocycles. The minimum absolute atomic E-state index is 0.0669. The zero-order valence-corrected chi connectivity index (χ0v) is 21.6. The molecule has 0 aliphatic rings. The van der Waals surface area contributed by atoms with E-state index >= 15 is 0 Å². The molecule has 0 unspecified atom stereocenters. The summed E-state index contributed by atoms with van der Waals surface area (Å²) in [7, 11) is -4.03. The lowest BCUT2D eigenvalue weighted by molar-refractivity contribution is -0.119. The summed E-state index contributed by atoms with van der Waals surface area (Å²) < 4.78 is 33.6. The van der Waals surface area contributed by atoms with Crippen LogP contribution in [0.3, 0.4) is 0 Å². The third-order valence-electron chi connectivity index (χ3n) is 4.98. The number of sulfonamides is 1. The minimum atomic E-state index is -4.03. The first-order chi connectivity index (χ1) is 16.6. The second kappa shape index (κ2) is 11.4. The van der Waals surface area contributed by atoms with E-state index in [0.717, 1.165) is 21.2 Å². The Hall–Kier alpha value is -3.36. The number of benzene rings is 3. The van der Waals surface area contributed by atoms with Crippen molar-refractivity contribution in [2.24, 2.45) is 5.10 Å². The third kappa shape index (κ3) is 7.07. The van der Waals surface area contributed by atoms with Crippen LogP contribution in [-0.2, 0) is 14.8 Å². The molecule has 184 valence electrons. The van der Waals surface area contributed by atoms with Crippen LogP contribution < -0.4 is 14.5 Å². The zero-order valence-electron chi connectivity index (χ0n) is 20.0. The lowest BCUT2D eigenvalue weighted by Gasteiger charge is -2.25. The van der Waals surface area contributed by atoms with Crippen molar-refractivity contribution in [2.75, 3.05) is 10.8 Å². The fourth-order valence-corrected chi connectivity index (χ4v) is 5.00. The number of rotatable bonds is 9. The second-order valence-corrected chi connectivity index (χ2v) is 10.6. The van der Waals surface area contributed by atoms with Gasteiger partial charge in [-0.3, -0.25) is 9.10 Å².